The van der Waals surface area contributed by atoms with Crippen molar-refractivity contribution in [3.05, 3.63) is 54.1 Å². The van der Waals surface area contributed by atoms with Crippen LogP contribution in [0.15, 0.2) is 42.9 Å². The maximum Gasteiger partial charge on any atom is 0.274 e. The summed E-state index contributed by atoms with van der Waals surface area (Å²) in [6.07, 6.45) is 5.72. The van der Waals surface area contributed by atoms with E-state index < -0.39 is 17.5 Å². The lowest BCUT2D eigenvalue weighted by atomic mass is 9.85. The molecule has 37 heavy (non-hydrogen) atoms. The number of likely N-dealkylation sites (N-methyl/N-ethyl adjacent to an activating group) is 1. The number of aromatic nitrogens is 2. The fourth-order valence-electron chi connectivity index (χ4n) is 4.65. The molecule has 2 aromatic rings. The number of benzene rings is 1. The standard InChI is InChI=1S/C28H42N6O3/c1-20(29-5)25(35)31-24(28(2,3)4)27(37)34-15-10-13-22(34)17-33(16-14-21-11-8-7-9-12-21)26(36)23-18-32(6)19-30-23/h7-9,11-12,18-20,22,24,29H,10,13-17H2,1-6H3,(H,31,35). The van der Waals surface area contributed by atoms with E-state index in [0.29, 0.717) is 31.7 Å². The van der Waals surface area contributed by atoms with E-state index in [1.165, 1.54) is 0 Å². The van der Waals surface area contributed by atoms with Crippen molar-refractivity contribution in [2.24, 2.45) is 12.5 Å². The van der Waals surface area contributed by atoms with Crippen molar-refractivity contribution in [1.82, 2.24) is 30.0 Å². The quantitative estimate of drug-likeness (QED) is 0.511. The van der Waals surface area contributed by atoms with Gasteiger partial charge in [-0.15, -0.1) is 0 Å². The minimum Gasteiger partial charge on any atom is -0.342 e. The molecule has 1 saturated heterocycles. The van der Waals surface area contributed by atoms with Crippen LogP contribution in [0.25, 0.3) is 0 Å². The average Bonchev–Trinajstić information content (AvgIpc) is 3.52. The van der Waals surface area contributed by atoms with Gasteiger partial charge in [-0.05, 0) is 44.2 Å². The minimum absolute atomic E-state index is 0.0973. The third-order valence-electron chi connectivity index (χ3n) is 7.04. The second-order valence-electron chi connectivity index (χ2n) is 11.1. The van der Waals surface area contributed by atoms with Crippen molar-refractivity contribution in [3.63, 3.8) is 0 Å². The number of aryl methyl sites for hydroxylation is 1. The van der Waals surface area contributed by atoms with Gasteiger partial charge >= 0.3 is 0 Å². The molecule has 0 radical (unpaired) electrons. The number of nitrogens with zero attached hydrogens (tertiary/aromatic N) is 4. The molecule has 3 unspecified atom stereocenters. The van der Waals surface area contributed by atoms with Crippen molar-refractivity contribution >= 4 is 17.7 Å². The Morgan fingerprint density at radius 3 is 2.49 bits per heavy atom. The lowest BCUT2D eigenvalue weighted by Gasteiger charge is -2.37. The molecule has 0 aliphatic carbocycles. The molecule has 9 heteroatoms. The van der Waals surface area contributed by atoms with E-state index in [4.69, 9.17) is 0 Å². The van der Waals surface area contributed by atoms with Crippen LogP contribution in [0.2, 0.25) is 0 Å². The van der Waals surface area contributed by atoms with Crippen LogP contribution >= 0.6 is 0 Å². The number of hydrogen-bond acceptors (Lipinski definition) is 5. The molecule has 1 aliphatic heterocycles. The highest BCUT2D eigenvalue weighted by atomic mass is 16.2. The second-order valence-corrected chi connectivity index (χ2v) is 11.1. The number of likely N-dealkylation sites (tertiary alicyclic amines) is 1. The minimum atomic E-state index is -0.666. The summed E-state index contributed by atoms with van der Waals surface area (Å²) in [6.45, 7) is 9.21. The summed E-state index contributed by atoms with van der Waals surface area (Å²) in [4.78, 5) is 47.9. The van der Waals surface area contributed by atoms with Crippen molar-refractivity contribution in [1.29, 1.82) is 0 Å². The number of amides is 3. The van der Waals surface area contributed by atoms with Crippen molar-refractivity contribution in [3.8, 4) is 0 Å². The molecule has 1 aromatic carbocycles. The predicted octanol–water partition coefficient (Wildman–Crippen LogP) is 2.23. The topological polar surface area (TPSA) is 99.6 Å². The van der Waals surface area contributed by atoms with Gasteiger partial charge < -0.3 is 25.0 Å². The monoisotopic (exact) mass is 510 g/mol. The molecule has 0 spiro atoms. The zero-order valence-corrected chi connectivity index (χ0v) is 23.0. The first kappa shape index (κ1) is 28.4. The van der Waals surface area contributed by atoms with Crippen LogP contribution in [0.1, 0.15) is 56.6 Å². The first-order valence-corrected chi connectivity index (χ1v) is 13.1. The van der Waals surface area contributed by atoms with E-state index in [1.807, 2.05) is 55.8 Å². The van der Waals surface area contributed by atoms with Gasteiger partial charge in [0.15, 0.2) is 0 Å². The molecule has 1 aliphatic rings. The van der Waals surface area contributed by atoms with Crippen LogP contribution in [0.5, 0.6) is 0 Å². The predicted molar refractivity (Wildman–Crippen MR) is 144 cm³/mol. The number of rotatable bonds is 10. The van der Waals surface area contributed by atoms with Gasteiger partial charge in [0, 0.05) is 38.9 Å². The molecule has 3 rings (SSSR count). The zero-order valence-electron chi connectivity index (χ0n) is 23.0. The highest BCUT2D eigenvalue weighted by molar-refractivity contribution is 5.92. The van der Waals surface area contributed by atoms with Gasteiger partial charge in [0.25, 0.3) is 5.91 Å². The maximum absolute atomic E-state index is 13.8. The highest BCUT2D eigenvalue weighted by Gasteiger charge is 2.40. The Labute approximate surface area is 220 Å². The van der Waals surface area contributed by atoms with Crippen LogP contribution in [-0.4, -0.2) is 81.9 Å². The van der Waals surface area contributed by atoms with E-state index in [-0.39, 0.29) is 23.8 Å². The summed E-state index contributed by atoms with van der Waals surface area (Å²) in [6, 6.07) is 8.87. The fourth-order valence-corrected chi connectivity index (χ4v) is 4.65. The molecular formula is C28H42N6O3. The molecule has 0 bridgehead atoms. The van der Waals surface area contributed by atoms with E-state index in [9.17, 15) is 14.4 Å². The normalized spacial score (nSPS) is 17.4. The van der Waals surface area contributed by atoms with Gasteiger partial charge in [-0.25, -0.2) is 4.98 Å². The Bertz CT molecular complexity index is 1060. The number of nitrogens with one attached hydrogen (secondary N) is 2. The molecule has 1 fully saturated rings. The average molecular weight is 511 g/mol. The third-order valence-corrected chi connectivity index (χ3v) is 7.04. The molecule has 202 valence electrons. The fraction of sp³-hybridized carbons (Fsp3) is 0.571. The van der Waals surface area contributed by atoms with Gasteiger partial charge in [0.2, 0.25) is 11.8 Å². The molecular weight excluding hydrogens is 468 g/mol. The van der Waals surface area contributed by atoms with Crippen LogP contribution in [0, 0.1) is 5.41 Å². The highest BCUT2D eigenvalue weighted by Crippen LogP contribution is 2.26. The smallest absolute Gasteiger partial charge is 0.274 e. The molecule has 2 N–H and O–H groups in total. The molecule has 3 atom stereocenters. The van der Waals surface area contributed by atoms with Crippen LogP contribution in [0.4, 0.5) is 0 Å². The third kappa shape index (κ3) is 7.41. The molecule has 9 nitrogen and oxygen atoms in total. The Hall–Kier alpha value is -3.20. The Morgan fingerprint density at radius 1 is 1.19 bits per heavy atom. The maximum atomic E-state index is 13.8. The molecule has 0 saturated carbocycles. The molecule has 1 aromatic heterocycles. The van der Waals surface area contributed by atoms with Crippen LogP contribution in [-0.2, 0) is 23.1 Å². The van der Waals surface area contributed by atoms with Gasteiger partial charge in [-0.3, -0.25) is 14.4 Å². The lowest BCUT2D eigenvalue weighted by Crippen LogP contribution is -2.59. The van der Waals surface area contributed by atoms with Crippen LogP contribution in [0.3, 0.4) is 0 Å². The first-order valence-electron chi connectivity index (χ1n) is 13.1. The second kappa shape index (κ2) is 12.4. The van der Waals surface area contributed by atoms with Gasteiger partial charge in [-0.1, -0.05) is 51.1 Å². The summed E-state index contributed by atoms with van der Waals surface area (Å²) < 4.78 is 1.76. The van der Waals surface area contributed by atoms with Gasteiger partial charge in [0.1, 0.15) is 11.7 Å². The SMILES string of the molecule is CNC(C)C(=O)NC(C(=O)N1CCCC1CN(CCc1ccccc1)C(=O)c1cn(C)cn1)C(C)(C)C. The Kier molecular flexibility index (Phi) is 9.48. The van der Waals surface area contributed by atoms with Gasteiger partial charge in [0.05, 0.1) is 12.4 Å². The number of imidazole rings is 1. The number of hydrogen-bond donors (Lipinski definition) is 2. The zero-order chi connectivity index (χ0) is 27.2. The lowest BCUT2D eigenvalue weighted by molar-refractivity contribution is -0.140. The summed E-state index contributed by atoms with van der Waals surface area (Å²) >= 11 is 0. The summed E-state index contributed by atoms with van der Waals surface area (Å²) in [5, 5.41) is 5.90. The Balaban J connectivity index is 1.79. The first-order chi connectivity index (χ1) is 17.5. The summed E-state index contributed by atoms with van der Waals surface area (Å²) in [7, 11) is 3.56. The number of carbonyl (C=O) groups excluding carboxylic acids is 3. The van der Waals surface area contributed by atoms with Gasteiger partial charge in [-0.2, -0.15) is 0 Å². The van der Waals surface area contributed by atoms with E-state index >= 15 is 0 Å². The number of carbonyl (C=O) groups is 3. The molecule has 2 heterocycles. The van der Waals surface area contributed by atoms with Crippen molar-refractivity contribution in [2.75, 3.05) is 26.7 Å². The largest absolute Gasteiger partial charge is 0.342 e. The molecule has 3 amide bonds. The van der Waals surface area contributed by atoms with Crippen molar-refractivity contribution < 1.29 is 14.4 Å². The van der Waals surface area contributed by atoms with E-state index in [2.05, 4.69) is 27.8 Å². The summed E-state index contributed by atoms with van der Waals surface area (Å²) in [5.41, 5.74) is 1.08. The van der Waals surface area contributed by atoms with Crippen molar-refractivity contribution in [2.45, 2.75) is 65.1 Å². The summed E-state index contributed by atoms with van der Waals surface area (Å²) in [5.74, 6) is -0.444. The van der Waals surface area contributed by atoms with E-state index in [1.54, 1.807) is 31.1 Å². The Morgan fingerprint density at radius 2 is 1.89 bits per heavy atom. The van der Waals surface area contributed by atoms with Crippen LogP contribution < -0.4 is 10.6 Å². The van der Waals surface area contributed by atoms with E-state index in [0.717, 1.165) is 18.4 Å².